The molecule has 0 heterocycles. The first-order valence-corrected chi connectivity index (χ1v) is 5.71. The van der Waals surface area contributed by atoms with Gasteiger partial charge in [-0.2, -0.15) is 0 Å². The molecular weight excluding hydrogens is 198 g/mol. The molecule has 0 aliphatic rings. The molecule has 88 valence electrons. The van der Waals surface area contributed by atoms with Crippen LogP contribution < -0.4 is 10.5 Å². The molecule has 0 fully saturated rings. The Morgan fingerprint density at radius 1 is 1.50 bits per heavy atom. The van der Waals surface area contributed by atoms with Crippen molar-refractivity contribution in [1.82, 2.24) is 0 Å². The minimum absolute atomic E-state index is 0.521. The molecule has 0 aromatic heterocycles. The van der Waals surface area contributed by atoms with Crippen LogP contribution in [0.3, 0.4) is 0 Å². The third kappa shape index (κ3) is 3.30. The zero-order valence-corrected chi connectivity index (χ0v) is 10.4. The van der Waals surface area contributed by atoms with Gasteiger partial charge in [0.2, 0.25) is 0 Å². The van der Waals surface area contributed by atoms with Crippen molar-refractivity contribution in [2.45, 2.75) is 33.1 Å². The van der Waals surface area contributed by atoms with Gasteiger partial charge in [-0.05, 0) is 42.5 Å². The van der Waals surface area contributed by atoms with E-state index in [9.17, 15) is 0 Å². The molecule has 1 unspecified atom stereocenters. The zero-order valence-electron chi connectivity index (χ0n) is 10.4. The van der Waals surface area contributed by atoms with Gasteiger partial charge >= 0.3 is 0 Å². The lowest BCUT2D eigenvalue weighted by Crippen LogP contribution is -2.02. The molecule has 1 aromatic carbocycles. The first kappa shape index (κ1) is 12.6. The van der Waals surface area contributed by atoms with E-state index in [2.05, 4.69) is 26.5 Å². The van der Waals surface area contributed by atoms with Gasteiger partial charge in [0.15, 0.2) is 0 Å². The van der Waals surface area contributed by atoms with Crippen molar-refractivity contribution < 1.29 is 4.74 Å². The molecule has 0 radical (unpaired) electrons. The zero-order chi connectivity index (χ0) is 12.1. The second-order valence-electron chi connectivity index (χ2n) is 4.35. The van der Waals surface area contributed by atoms with E-state index < -0.39 is 0 Å². The molecular formula is C14H21NO. The number of rotatable bonds is 5. The van der Waals surface area contributed by atoms with Crippen LogP contribution in [0.5, 0.6) is 5.75 Å². The van der Waals surface area contributed by atoms with Crippen LogP contribution in [0.4, 0.5) is 5.69 Å². The van der Waals surface area contributed by atoms with Gasteiger partial charge in [-0.25, -0.2) is 0 Å². The highest BCUT2D eigenvalue weighted by molar-refractivity contribution is 5.54. The van der Waals surface area contributed by atoms with E-state index in [1.54, 1.807) is 0 Å². The predicted octanol–water partition coefficient (Wildman–Crippen LogP) is 3.74. The molecule has 0 saturated carbocycles. The minimum atomic E-state index is 0.521. The van der Waals surface area contributed by atoms with Crippen LogP contribution in [0, 0.1) is 0 Å². The first-order chi connectivity index (χ1) is 7.54. The fraction of sp³-hybridized carbons (Fsp3) is 0.429. The van der Waals surface area contributed by atoms with Gasteiger partial charge in [-0.15, -0.1) is 0 Å². The summed E-state index contributed by atoms with van der Waals surface area (Å²) in [6.45, 7) is 10.6. The van der Waals surface area contributed by atoms with Crippen molar-refractivity contribution in [1.29, 1.82) is 0 Å². The van der Waals surface area contributed by atoms with Crippen LogP contribution in [0.1, 0.15) is 38.7 Å². The molecule has 1 atom stereocenters. The van der Waals surface area contributed by atoms with Crippen LogP contribution in [-0.2, 0) is 0 Å². The quantitative estimate of drug-likeness (QED) is 0.605. The Hall–Kier alpha value is -1.44. The molecule has 0 amide bonds. The van der Waals surface area contributed by atoms with Gasteiger partial charge in [-0.1, -0.05) is 26.5 Å². The maximum Gasteiger partial charge on any atom is 0.142 e. The summed E-state index contributed by atoms with van der Waals surface area (Å²) in [5.41, 5.74) is 8.91. The van der Waals surface area contributed by atoms with E-state index in [4.69, 9.17) is 10.5 Å². The van der Waals surface area contributed by atoms with E-state index in [1.165, 1.54) is 5.56 Å². The predicted molar refractivity (Wildman–Crippen MR) is 69.9 cm³/mol. The van der Waals surface area contributed by atoms with Crippen LogP contribution in [0.25, 0.3) is 0 Å². The van der Waals surface area contributed by atoms with Crippen molar-refractivity contribution in [2.75, 3.05) is 12.3 Å². The van der Waals surface area contributed by atoms with E-state index in [0.717, 1.165) is 17.7 Å². The third-order valence-electron chi connectivity index (χ3n) is 2.69. The lowest BCUT2D eigenvalue weighted by Gasteiger charge is -2.13. The number of hydrogen-bond donors (Lipinski definition) is 1. The van der Waals surface area contributed by atoms with E-state index in [0.29, 0.717) is 18.2 Å². The first-order valence-electron chi connectivity index (χ1n) is 5.71. The number of nitrogen functional groups attached to an aromatic ring is 1. The lowest BCUT2D eigenvalue weighted by atomic mass is 9.98. The summed E-state index contributed by atoms with van der Waals surface area (Å²) in [5, 5.41) is 0. The van der Waals surface area contributed by atoms with Crippen LogP contribution >= 0.6 is 0 Å². The summed E-state index contributed by atoms with van der Waals surface area (Å²) in [6, 6.07) is 6.03. The highest BCUT2D eigenvalue weighted by Crippen LogP contribution is 2.27. The second kappa shape index (κ2) is 5.59. The topological polar surface area (TPSA) is 35.2 Å². The lowest BCUT2D eigenvalue weighted by molar-refractivity contribution is 0.354. The van der Waals surface area contributed by atoms with Gasteiger partial charge < -0.3 is 10.5 Å². The van der Waals surface area contributed by atoms with Crippen LogP contribution in [-0.4, -0.2) is 6.61 Å². The monoisotopic (exact) mass is 219 g/mol. The largest absolute Gasteiger partial charge is 0.487 e. The molecule has 0 saturated heterocycles. The average Bonchev–Trinajstić information content (AvgIpc) is 2.26. The van der Waals surface area contributed by atoms with Crippen molar-refractivity contribution in [2.24, 2.45) is 0 Å². The molecule has 1 aromatic rings. The van der Waals surface area contributed by atoms with Gasteiger partial charge in [0, 0.05) is 0 Å². The molecule has 0 spiro atoms. The Bertz CT molecular complexity index is 371. The maximum absolute atomic E-state index is 5.95. The van der Waals surface area contributed by atoms with Crippen molar-refractivity contribution in [3.05, 3.63) is 35.9 Å². The van der Waals surface area contributed by atoms with Gasteiger partial charge in [0.25, 0.3) is 0 Å². The Labute approximate surface area is 98.1 Å². The summed E-state index contributed by atoms with van der Waals surface area (Å²) < 4.78 is 5.54. The van der Waals surface area contributed by atoms with E-state index >= 15 is 0 Å². The van der Waals surface area contributed by atoms with Gasteiger partial charge in [0.1, 0.15) is 12.4 Å². The standard InChI is InChI=1S/C14H21NO/c1-5-11(4)12-6-7-14(13(15)8-12)16-9-10(2)3/h6-8,11H,2,5,9,15H2,1,3-4H3. The molecule has 1 rings (SSSR count). The molecule has 2 nitrogen and oxygen atoms in total. The smallest absolute Gasteiger partial charge is 0.142 e. The van der Waals surface area contributed by atoms with E-state index in [1.807, 2.05) is 19.1 Å². The van der Waals surface area contributed by atoms with Gasteiger partial charge in [0.05, 0.1) is 5.69 Å². The molecule has 16 heavy (non-hydrogen) atoms. The van der Waals surface area contributed by atoms with Crippen molar-refractivity contribution in [3.63, 3.8) is 0 Å². The summed E-state index contributed by atoms with van der Waals surface area (Å²) in [4.78, 5) is 0. The van der Waals surface area contributed by atoms with Crippen LogP contribution in [0.15, 0.2) is 30.4 Å². The Morgan fingerprint density at radius 2 is 2.19 bits per heavy atom. The number of benzene rings is 1. The summed E-state index contributed by atoms with van der Waals surface area (Å²) in [5.74, 6) is 1.28. The van der Waals surface area contributed by atoms with Crippen molar-refractivity contribution >= 4 is 5.69 Å². The maximum atomic E-state index is 5.95. The fourth-order valence-electron chi connectivity index (χ4n) is 1.44. The van der Waals surface area contributed by atoms with Gasteiger partial charge in [-0.3, -0.25) is 0 Å². The molecule has 2 N–H and O–H groups in total. The van der Waals surface area contributed by atoms with Crippen molar-refractivity contribution in [3.8, 4) is 5.75 Å². The molecule has 0 aliphatic carbocycles. The fourth-order valence-corrected chi connectivity index (χ4v) is 1.44. The van der Waals surface area contributed by atoms with E-state index in [-0.39, 0.29) is 0 Å². The number of hydrogen-bond acceptors (Lipinski definition) is 2. The second-order valence-corrected chi connectivity index (χ2v) is 4.35. The Balaban J connectivity index is 2.79. The number of nitrogens with two attached hydrogens (primary N) is 1. The average molecular weight is 219 g/mol. The number of ether oxygens (including phenoxy) is 1. The minimum Gasteiger partial charge on any atom is -0.487 e. The SMILES string of the molecule is C=C(C)COc1ccc(C(C)CC)cc1N. The molecule has 2 heteroatoms. The van der Waals surface area contributed by atoms with Crippen LogP contribution in [0.2, 0.25) is 0 Å². The number of anilines is 1. The normalized spacial score (nSPS) is 12.2. The highest BCUT2D eigenvalue weighted by Gasteiger charge is 2.06. The molecule has 0 aliphatic heterocycles. The summed E-state index contributed by atoms with van der Waals surface area (Å²) in [7, 11) is 0. The Morgan fingerprint density at radius 3 is 2.69 bits per heavy atom. The molecule has 0 bridgehead atoms. The Kier molecular flexibility index (Phi) is 4.41. The summed E-state index contributed by atoms with van der Waals surface area (Å²) in [6.07, 6.45) is 1.12. The third-order valence-corrected chi connectivity index (χ3v) is 2.69. The highest BCUT2D eigenvalue weighted by atomic mass is 16.5. The summed E-state index contributed by atoms with van der Waals surface area (Å²) >= 11 is 0.